The summed E-state index contributed by atoms with van der Waals surface area (Å²) >= 11 is 3.45. The number of hydrogen-bond donors (Lipinski definition) is 1. The first-order chi connectivity index (χ1) is 13.2. The van der Waals surface area contributed by atoms with Crippen molar-refractivity contribution >= 4 is 27.5 Å². The maximum absolute atomic E-state index is 12.6. The molecule has 0 unspecified atom stereocenters. The Bertz CT molecular complexity index is 761. The zero-order valence-electron chi connectivity index (χ0n) is 15.5. The van der Waals surface area contributed by atoms with Gasteiger partial charge in [-0.2, -0.15) is 0 Å². The molecule has 144 valence electrons. The van der Waals surface area contributed by atoms with Gasteiger partial charge >= 0.3 is 0 Å². The number of halogens is 1. The van der Waals surface area contributed by atoms with Crippen LogP contribution in [0.15, 0.2) is 53.0 Å². The zero-order chi connectivity index (χ0) is 19.1. The van der Waals surface area contributed by atoms with Crippen LogP contribution in [-0.2, 0) is 4.79 Å². The van der Waals surface area contributed by atoms with Gasteiger partial charge in [-0.05, 0) is 56.3 Å². The maximum Gasteiger partial charge on any atom is 0.227 e. The van der Waals surface area contributed by atoms with E-state index in [2.05, 4.69) is 26.1 Å². The van der Waals surface area contributed by atoms with E-state index in [1.54, 1.807) is 7.11 Å². The first-order valence-electron chi connectivity index (χ1n) is 9.20. The Morgan fingerprint density at radius 2 is 1.96 bits per heavy atom. The number of nitrogens with zero attached hydrogens (tertiary/aromatic N) is 1. The molecule has 0 aromatic heterocycles. The summed E-state index contributed by atoms with van der Waals surface area (Å²) in [6.07, 6.45) is 1.72. The van der Waals surface area contributed by atoms with Gasteiger partial charge in [-0.15, -0.1) is 0 Å². The largest absolute Gasteiger partial charge is 0.495 e. The van der Waals surface area contributed by atoms with Crippen LogP contribution in [0.2, 0.25) is 0 Å². The fourth-order valence-electron chi connectivity index (χ4n) is 3.25. The highest BCUT2D eigenvalue weighted by Crippen LogP contribution is 2.26. The molecule has 1 aliphatic rings. The summed E-state index contributed by atoms with van der Waals surface area (Å²) in [6, 6.07) is 15.4. The minimum atomic E-state index is 0.0390. The smallest absolute Gasteiger partial charge is 0.227 e. The molecule has 1 heterocycles. The second kappa shape index (κ2) is 9.76. The van der Waals surface area contributed by atoms with E-state index < -0.39 is 0 Å². The summed E-state index contributed by atoms with van der Waals surface area (Å²) in [5, 5.41) is 3.00. The lowest BCUT2D eigenvalue weighted by Gasteiger charge is -2.31. The molecule has 1 aliphatic heterocycles. The second-order valence-corrected chi connectivity index (χ2v) is 7.53. The number of nitrogens with one attached hydrogen (secondary N) is 1. The molecular formula is C21H25BrN2O3. The van der Waals surface area contributed by atoms with Gasteiger partial charge in [0, 0.05) is 16.9 Å². The zero-order valence-corrected chi connectivity index (χ0v) is 17.1. The molecule has 0 aliphatic carbocycles. The highest BCUT2D eigenvalue weighted by Gasteiger charge is 2.25. The Balaban J connectivity index is 1.41. The molecule has 2 aromatic carbocycles. The van der Waals surface area contributed by atoms with Crippen LogP contribution in [0.4, 0.5) is 5.69 Å². The molecule has 0 spiro atoms. The van der Waals surface area contributed by atoms with Crippen molar-refractivity contribution in [3.8, 4) is 11.5 Å². The third kappa shape index (κ3) is 5.71. The van der Waals surface area contributed by atoms with E-state index in [4.69, 9.17) is 9.47 Å². The summed E-state index contributed by atoms with van der Waals surface area (Å²) in [6.45, 7) is 3.33. The second-order valence-electron chi connectivity index (χ2n) is 6.61. The predicted molar refractivity (Wildman–Crippen MR) is 110 cm³/mol. The van der Waals surface area contributed by atoms with Crippen LogP contribution in [0.3, 0.4) is 0 Å². The lowest BCUT2D eigenvalue weighted by molar-refractivity contribution is -0.121. The van der Waals surface area contributed by atoms with Crippen LogP contribution in [-0.4, -0.2) is 44.2 Å². The molecule has 0 saturated carbocycles. The fourth-order valence-corrected chi connectivity index (χ4v) is 3.63. The molecule has 5 nitrogen and oxygen atoms in total. The summed E-state index contributed by atoms with van der Waals surface area (Å²) < 4.78 is 12.1. The number of methoxy groups -OCH3 is 1. The van der Waals surface area contributed by atoms with Gasteiger partial charge in [0.2, 0.25) is 5.91 Å². The lowest BCUT2D eigenvalue weighted by atomic mass is 9.96. The average Bonchev–Trinajstić information content (AvgIpc) is 2.69. The first kappa shape index (κ1) is 19.7. The van der Waals surface area contributed by atoms with E-state index in [-0.39, 0.29) is 11.8 Å². The molecule has 1 saturated heterocycles. The molecular weight excluding hydrogens is 408 g/mol. The number of para-hydroxylation sites is 2. The summed E-state index contributed by atoms with van der Waals surface area (Å²) in [7, 11) is 1.61. The molecule has 0 radical (unpaired) electrons. The minimum Gasteiger partial charge on any atom is -0.495 e. The van der Waals surface area contributed by atoms with Crippen LogP contribution < -0.4 is 14.8 Å². The molecule has 6 heteroatoms. The highest BCUT2D eigenvalue weighted by molar-refractivity contribution is 9.10. The van der Waals surface area contributed by atoms with Crippen molar-refractivity contribution < 1.29 is 14.3 Å². The molecule has 2 aromatic rings. The number of piperidine rings is 1. The van der Waals surface area contributed by atoms with E-state index in [0.29, 0.717) is 12.4 Å². The predicted octanol–water partition coefficient (Wildman–Crippen LogP) is 4.19. The van der Waals surface area contributed by atoms with E-state index in [1.165, 1.54) is 0 Å². The fraction of sp³-hybridized carbons (Fsp3) is 0.381. The molecule has 27 heavy (non-hydrogen) atoms. The van der Waals surface area contributed by atoms with Gasteiger partial charge in [0.25, 0.3) is 0 Å². The first-order valence-corrected chi connectivity index (χ1v) is 9.99. The normalized spacial score (nSPS) is 15.3. The summed E-state index contributed by atoms with van der Waals surface area (Å²) in [5.41, 5.74) is 0.731. The van der Waals surface area contributed by atoms with E-state index >= 15 is 0 Å². The standard InChI is InChI=1S/C21H25BrN2O3/c1-26-20-8-3-2-7-19(20)23-21(25)16-9-11-24(12-10-16)13-14-27-18-6-4-5-17(22)15-18/h2-8,15-16H,9-14H2,1H3,(H,23,25). The third-order valence-electron chi connectivity index (χ3n) is 4.80. The highest BCUT2D eigenvalue weighted by atomic mass is 79.9. The summed E-state index contributed by atoms with van der Waals surface area (Å²) in [5.74, 6) is 1.67. The van der Waals surface area contributed by atoms with Crippen LogP contribution >= 0.6 is 15.9 Å². The van der Waals surface area contributed by atoms with Gasteiger partial charge in [0.15, 0.2) is 0 Å². The Kier molecular flexibility index (Phi) is 7.12. The van der Waals surface area contributed by atoms with Crippen molar-refractivity contribution in [2.24, 2.45) is 5.92 Å². The van der Waals surface area contributed by atoms with Crippen molar-refractivity contribution in [2.45, 2.75) is 12.8 Å². The van der Waals surface area contributed by atoms with E-state index in [1.807, 2.05) is 48.5 Å². The number of rotatable bonds is 7. The van der Waals surface area contributed by atoms with Gasteiger partial charge in [-0.25, -0.2) is 0 Å². The minimum absolute atomic E-state index is 0.0390. The van der Waals surface area contributed by atoms with Crippen LogP contribution in [0.1, 0.15) is 12.8 Å². The third-order valence-corrected chi connectivity index (χ3v) is 5.29. The number of anilines is 1. The summed E-state index contributed by atoms with van der Waals surface area (Å²) in [4.78, 5) is 14.9. The Labute approximate surface area is 168 Å². The molecule has 0 bridgehead atoms. The van der Waals surface area contributed by atoms with E-state index in [0.717, 1.165) is 48.4 Å². The van der Waals surface area contributed by atoms with Crippen molar-refractivity contribution in [1.82, 2.24) is 4.90 Å². The monoisotopic (exact) mass is 432 g/mol. The number of amides is 1. The van der Waals surface area contributed by atoms with E-state index in [9.17, 15) is 4.79 Å². The van der Waals surface area contributed by atoms with Gasteiger partial charge in [0.05, 0.1) is 12.8 Å². The Morgan fingerprint density at radius 1 is 1.19 bits per heavy atom. The number of ether oxygens (including phenoxy) is 2. The van der Waals surface area contributed by atoms with Gasteiger partial charge in [0.1, 0.15) is 18.1 Å². The van der Waals surface area contributed by atoms with Crippen molar-refractivity contribution in [3.63, 3.8) is 0 Å². The van der Waals surface area contributed by atoms with Gasteiger partial charge < -0.3 is 14.8 Å². The van der Waals surface area contributed by atoms with Gasteiger partial charge in [-0.3, -0.25) is 9.69 Å². The molecule has 1 N–H and O–H groups in total. The SMILES string of the molecule is COc1ccccc1NC(=O)C1CCN(CCOc2cccc(Br)c2)CC1. The molecule has 1 amide bonds. The van der Waals surface area contributed by atoms with Crippen LogP contribution in [0.5, 0.6) is 11.5 Å². The van der Waals surface area contributed by atoms with Gasteiger partial charge in [-0.1, -0.05) is 34.1 Å². The topological polar surface area (TPSA) is 50.8 Å². The molecule has 0 atom stereocenters. The number of likely N-dealkylation sites (tertiary alicyclic amines) is 1. The van der Waals surface area contributed by atoms with Crippen LogP contribution in [0, 0.1) is 5.92 Å². The Hall–Kier alpha value is -2.05. The molecule has 3 rings (SSSR count). The quantitative estimate of drug-likeness (QED) is 0.712. The van der Waals surface area contributed by atoms with Crippen molar-refractivity contribution in [1.29, 1.82) is 0 Å². The number of carbonyl (C=O) groups is 1. The lowest BCUT2D eigenvalue weighted by Crippen LogP contribution is -2.40. The van der Waals surface area contributed by atoms with Crippen LogP contribution in [0.25, 0.3) is 0 Å². The van der Waals surface area contributed by atoms with Crippen molar-refractivity contribution in [3.05, 3.63) is 53.0 Å². The average molecular weight is 433 g/mol. The number of carbonyl (C=O) groups excluding carboxylic acids is 1. The molecule has 1 fully saturated rings. The van der Waals surface area contributed by atoms with Crippen molar-refractivity contribution in [2.75, 3.05) is 38.7 Å². The number of benzene rings is 2. The Morgan fingerprint density at radius 3 is 2.70 bits per heavy atom. The number of hydrogen-bond acceptors (Lipinski definition) is 4. The maximum atomic E-state index is 12.6.